The molecular formula is C16H18N2O5. The van der Waals surface area contributed by atoms with Gasteiger partial charge >= 0.3 is 5.97 Å². The molecule has 0 amide bonds. The molecule has 0 N–H and O–H groups in total. The number of nitrogens with zero attached hydrogens (tertiary/aromatic N) is 2. The highest BCUT2D eigenvalue weighted by Gasteiger charge is 2.22. The first-order chi connectivity index (χ1) is 11.2. The number of methoxy groups -OCH3 is 1. The fourth-order valence-electron chi connectivity index (χ4n) is 2.42. The lowest BCUT2D eigenvalue weighted by Crippen LogP contribution is -2.39. The largest absolute Gasteiger partial charge is 0.486 e. The van der Waals surface area contributed by atoms with E-state index in [0.29, 0.717) is 25.5 Å². The first-order valence-corrected chi connectivity index (χ1v) is 7.26. The molecule has 1 aliphatic heterocycles. The van der Waals surface area contributed by atoms with Crippen LogP contribution in [0.4, 0.5) is 0 Å². The van der Waals surface area contributed by atoms with E-state index < -0.39 is 5.97 Å². The molecule has 2 aromatic rings. The van der Waals surface area contributed by atoms with Gasteiger partial charge in [0.2, 0.25) is 0 Å². The minimum Gasteiger partial charge on any atom is -0.486 e. The quantitative estimate of drug-likeness (QED) is 0.777. The molecule has 0 aliphatic carbocycles. The Morgan fingerprint density at radius 1 is 1.39 bits per heavy atom. The molecule has 0 saturated carbocycles. The van der Waals surface area contributed by atoms with Crippen molar-refractivity contribution >= 4 is 5.97 Å². The highest BCUT2D eigenvalue weighted by atomic mass is 16.6. The van der Waals surface area contributed by atoms with Crippen LogP contribution < -0.4 is 9.47 Å². The molecule has 0 fully saturated rings. The Morgan fingerprint density at radius 3 is 2.96 bits per heavy atom. The summed E-state index contributed by atoms with van der Waals surface area (Å²) in [6.45, 7) is 1.65. The van der Waals surface area contributed by atoms with Crippen molar-refractivity contribution < 1.29 is 23.5 Å². The number of hydrogen-bond donors (Lipinski definition) is 0. The Labute approximate surface area is 133 Å². The summed E-state index contributed by atoms with van der Waals surface area (Å²) in [6.07, 6.45) is -0.0714. The summed E-state index contributed by atoms with van der Waals surface area (Å²) in [5.41, 5.74) is 0.169. The van der Waals surface area contributed by atoms with Crippen molar-refractivity contribution in [3.63, 3.8) is 0 Å². The summed E-state index contributed by atoms with van der Waals surface area (Å²) < 4.78 is 21.3. The summed E-state index contributed by atoms with van der Waals surface area (Å²) in [5.74, 6) is 1.60. The number of benzene rings is 1. The second-order valence-corrected chi connectivity index (χ2v) is 5.36. The number of aromatic nitrogens is 1. The molecule has 3 rings (SSSR count). The van der Waals surface area contributed by atoms with Gasteiger partial charge in [-0.1, -0.05) is 17.3 Å². The van der Waals surface area contributed by atoms with Gasteiger partial charge in [-0.05, 0) is 19.2 Å². The molecule has 0 bridgehead atoms. The van der Waals surface area contributed by atoms with Crippen LogP contribution in [0.2, 0.25) is 0 Å². The molecule has 1 aliphatic rings. The molecule has 1 aromatic heterocycles. The second-order valence-electron chi connectivity index (χ2n) is 5.36. The van der Waals surface area contributed by atoms with Gasteiger partial charge in [-0.25, -0.2) is 4.79 Å². The van der Waals surface area contributed by atoms with Crippen LogP contribution in [-0.4, -0.2) is 49.4 Å². The molecule has 122 valence electrons. The highest BCUT2D eigenvalue weighted by Crippen LogP contribution is 2.31. The van der Waals surface area contributed by atoms with Crippen molar-refractivity contribution in [3.05, 3.63) is 41.8 Å². The third-order valence-electron chi connectivity index (χ3n) is 3.46. The van der Waals surface area contributed by atoms with Gasteiger partial charge in [0.25, 0.3) is 0 Å². The van der Waals surface area contributed by atoms with Crippen molar-refractivity contribution in [2.75, 3.05) is 27.3 Å². The smallest absolute Gasteiger partial charge is 0.360 e. The molecule has 7 nitrogen and oxygen atoms in total. The van der Waals surface area contributed by atoms with Crippen LogP contribution in [0.15, 0.2) is 34.9 Å². The lowest BCUT2D eigenvalue weighted by Gasteiger charge is -2.29. The SMILES string of the molecule is COC(=O)c1cc(CN(C)CC2COc3ccccc3O2)on1. The lowest BCUT2D eigenvalue weighted by atomic mass is 10.2. The molecular weight excluding hydrogens is 300 g/mol. The first-order valence-electron chi connectivity index (χ1n) is 7.26. The molecule has 23 heavy (non-hydrogen) atoms. The van der Waals surface area contributed by atoms with E-state index in [1.54, 1.807) is 6.07 Å². The number of carbonyl (C=O) groups excluding carboxylic acids is 1. The second kappa shape index (κ2) is 6.70. The minimum absolute atomic E-state index is 0.0714. The van der Waals surface area contributed by atoms with Gasteiger partial charge in [-0.2, -0.15) is 0 Å². The Balaban J connectivity index is 1.55. The zero-order chi connectivity index (χ0) is 16.2. The molecule has 7 heteroatoms. The molecule has 0 saturated heterocycles. The molecule has 2 heterocycles. The van der Waals surface area contributed by atoms with E-state index in [-0.39, 0.29) is 11.8 Å². The van der Waals surface area contributed by atoms with Crippen molar-refractivity contribution in [1.29, 1.82) is 0 Å². The summed E-state index contributed by atoms with van der Waals surface area (Å²) in [4.78, 5) is 13.4. The monoisotopic (exact) mass is 318 g/mol. The van der Waals surface area contributed by atoms with E-state index in [1.165, 1.54) is 7.11 Å². The number of esters is 1. The Kier molecular flexibility index (Phi) is 4.47. The fraction of sp³-hybridized carbons (Fsp3) is 0.375. The van der Waals surface area contributed by atoms with E-state index in [2.05, 4.69) is 9.89 Å². The highest BCUT2D eigenvalue weighted by molar-refractivity contribution is 5.86. The van der Waals surface area contributed by atoms with Crippen molar-refractivity contribution in [1.82, 2.24) is 10.1 Å². The molecule has 1 aromatic carbocycles. The van der Waals surface area contributed by atoms with Crippen LogP contribution in [0.3, 0.4) is 0 Å². The maximum absolute atomic E-state index is 11.4. The predicted molar refractivity (Wildman–Crippen MR) is 80.5 cm³/mol. The number of fused-ring (bicyclic) bond motifs is 1. The van der Waals surface area contributed by atoms with Gasteiger partial charge in [0.1, 0.15) is 12.7 Å². The maximum Gasteiger partial charge on any atom is 0.360 e. The zero-order valence-corrected chi connectivity index (χ0v) is 13.0. The van der Waals surface area contributed by atoms with Crippen LogP contribution in [-0.2, 0) is 11.3 Å². The summed E-state index contributed by atoms with van der Waals surface area (Å²) in [6, 6.07) is 9.18. The molecule has 1 atom stereocenters. The van der Waals surface area contributed by atoms with Crippen molar-refractivity contribution in [2.45, 2.75) is 12.6 Å². The van der Waals surface area contributed by atoms with Crippen LogP contribution in [0.5, 0.6) is 11.5 Å². The molecule has 0 radical (unpaired) electrons. The van der Waals surface area contributed by atoms with Crippen LogP contribution in [0, 0.1) is 0 Å². The van der Waals surface area contributed by atoms with E-state index in [0.717, 1.165) is 11.5 Å². The summed E-state index contributed by atoms with van der Waals surface area (Å²) in [5, 5.41) is 3.68. The van der Waals surface area contributed by atoms with E-state index in [9.17, 15) is 4.79 Å². The van der Waals surface area contributed by atoms with Gasteiger partial charge < -0.3 is 18.7 Å². The topological polar surface area (TPSA) is 74.0 Å². The van der Waals surface area contributed by atoms with Gasteiger partial charge in [-0.3, -0.25) is 4.90 Å². The molecule has 1 unspecified atom stereocenters. The first kappa shape index (κ1) is 15.4. The third kappa shape index (κ3) is 3.62. The average molecular weight is 318 g/mol. The number of ether oxygens (including phenoxy) is 3. The van der Waals surface area contributed by atoms with Crippen LogP contribution >= 0.6 is 0 Å². The predicted octanol–water partition coefficient (Wildman–Crippen LogP) is 1.73. The van der Waals surface area contributed by atoms with Gasteiger partial charge in [-0.15, -0.1) is 0 Å². The van der Waals surface area contributed by atoms with Gasteiger partial charge in [0.15, 0.2) is 23.0 Å². The molecule has 0 spiro atoms. The van der Waals surface area contributed by atoms with Gasteiger partial charge in [0, 0.05) is 12.6 Å². The Morgan fingerprint density at radius 2 is 2.17 bits per heavy atom. The van der Waals surface area contributed by atoms with Crippen molar-refractivity contribution in [3.8, 4) is 11.5 Å². The summed E-state index contributed by atoms with van der Waals surface area (Å²) >= 11 is 0. The number of carbonyl (C=O) groups is 1. The van der Waals surface area contributed by atoms with Crippen molar-refractivity contribution in [2.24, 2.45) is 0 Å². The van der Waals surface area contributed by atoms with E-state index >= 15 is 0 Å². The number of rotatable bonds is 5. The fourth-order valence-corrected chi connectivity index (χ4v) is 2.42. The number of para-hydroxylation sites is 2. The van der Waals surface area contributed by atoms with E-state index in [1.807, 2.05) is 36.2 Å². The average Bonchev–Trinajstić information content (AvgIpc) is 3.02. The Hall–Kier alpha value is -2.54. The number of likely N-dealkylation sites (N-methyl/N-ethyl adjacent to an activating group) is 1. The number of hydrogen-bond acceptors (Lipinski definition) is 7. The zero-order valence-electron chi connectivity index (χ0n) is 13.0. The maximum atomic E-state index is 11.4. The van der Waals surface area contributed by atoms with Crippen LogP contribution in [0.25, 0.3) is 0 Å². The van der Waals surface area contributed by atoms with E-state index in [4.69, 9.17) is 14.0 Å². The standard InChI is InChI=1S/C16H18N2O5/c1-18(8-11-7-13(17-23-11)16(19)20-2)9-12-10-21-14-5-3-4-6-15(14)22-12/h3-7,12H,8-10H2,1-2H3. The van der Waals surface area contributed by atoms with Gasteiger partial charge in [0.05, 0.1) is 13.7 Å². The lowest BCUT2D eigenvalue weighted by molar-refractivity contribution is 0.0588. The minimum atomic E-state index is -0.511. The van der Waals surface area contributed by atoms with Crippen LogP contribution in [0.1, 0.15) is 16.2 Å². The third-order valence-corrected chi connectivity index (χ3v) is 3.46. The Bertz CT molecular complexity index is 685. The summed E-state index contributed by atoms with van der Waals surface area (Å²) in [7, 11) is 3.24. The normalized spacial score (nSPS) is 16.4.